The standard InChI is InChI=1S/C25H26O.C6H13NO.C6H11N.C5H11N.4C2H6.CH4/c1-2-18-26-22-15-12-21(13-16-22)25-23-11-7-6-10-20(23)14-17-24(25)19-8-4-3-5-9-19;1-7-5-3-4-6(7)8-2;1-6-4-3-5-7(6)2;1-6-4-2-3-5-6;4*1-2;/h3-13,15-16,24-25H,2,14,17-18H2,1H3;6H,3-5H2,1-2H3;1,3-5H2,2H3;2-5H2,1H3;4*1-2H3;1H4. The largest absolute Gasteiger partial charge is 0.494 e. The van der Waals surface area contributed by atoms with E-state index >= 15 is 0 Å². The van der Waals surface area contributed by atoms with E-state index in [-0.39, 0.29) is 7.43 Å². The fourth-order valence-electron chi connectivity index (χ4n) is 7.14. The van der Waals surface area contributed by atoms with Crippen LogP contribution in [0.1, 0.15) is 155 Å². The van der Waals surface area contributed by atoms with E-state index in [0.717, 1.165) is 25.2 Å². The van der Waals surface area contributed by atoms with Gasteiger partial charge < -0.3 is 19.3 Å². The molecule has 0 N–H and O–H groups in total. The quantitative estimate of drug-likeness (QED) is 0.249. The molecule has 7 rings (SSSR count). The average Bonchev–Trinajstić information content (AvgIpc) is 4.03. The Hall–Kier alpha value is -3.12. The van der Waals surface area contributed by atoms with E-state index in [9.17, 15) is 0 Å². The normalized spacial score (nSPS) is 19.1. The highest BCUT2D eigenvalue weighted by atomic mass is 16.5. The molecule has 3 aromatic carbocycles. The second kappa shape index (κ2) is 35.1. The van der Waals surface area contributed by atoms with Crippen molar-refractivity contribution >= 4 is 0 Å². The summed E-state index contributed by atoms with van der Waals surface area (Å²) in [6.07, 6.45) is 11.6. The van der Waals surface area contributed by atoms with Gasteiger partial charge in [0.2, 0.25) is 0 Å². The minimum atomic E-state index is 0. The zero-order chi connectivity index (χ0) is 41.4. The maximum Gasteiger partial charge on any atom is 0.119 e. The minimum absolute atomic E-state index is 0. The zero-order valence-electron chi connectivity index (χ0n) is 38.0. The fourth-order valence-corrected chi connectivity index (χ4v) is 7.14. The van der Waals surface area contributed by atoms with E-state index in [1.54, 1.807) is 7.11 Å². The van der Waals surface area contributed by atoms with E-state index in [1.807, 2.05) is 55.4 Å². The molecule has 3 fully saturated rings. The first-order valence-corrected chi connectivity index (χ1v) is 22.1. The summed E-state index contributed by atoms with van der Waals surface area (Å²) in [5.41, 5.74) is 7.10. The number of methoxy groups -OCH3 is 1. The molecule has 0 aromatic heterocycles. The molecule has 0 amide bonds. The van der Waals surface area contributed by atoms with Crippen LogP contribution in [0.3, 0.4) is 0 Å². The molecule has 5 heteroatoms. The SMILES string of the molecule is C.C=C1CCCN1C.CC.CC.CC.CC.CCCOc1ccc(C2c3ccccc3CCC2c2ccccc2)cc1.CN1CCCC1.COC1CCCN1C. The van der Waals surface area contributed by atoms with E-state index < -0.39 is 0 Å². The molecule has 320 valence electrons. The number of rotatable bonds is 6. The molecule has 0 radical (unpaired) electrons. The topological polar surface area (TPSA) is 28.2 Å². The lowest BCUT2D eigenvalue weighted by molar-refractivity contribution is 0.0109. The van der Waals surface area contributed by atoms with Crippen LogP contribution in [0, 0.1) is 0 Å². The highest BCUT2D eigenvalue weighted by Crippen LogP contribution is 2.46. The van der Waals surface area contributed by atoms with E-state index in [0.29, 0.717) is 18.1 Å². The Labute approximate surface area is 348 Å². The van der Waals surface area contributed by atoms with E-state index in [4.69, 9.17) is 9.47 Å². The number of benzene rings is 3. The lowest BCUT2D eigenvalue weighted by atomic mass is 9.69. The number of nitrogens with zero attached hydrogens (tertiary/aromatic N) is 3. The third-order valence-electron chi connectivity index (χ3n) is 10.0. The second-order valence-electron chi connectivity index (χ2n) is 13.6. The molecule has 3 heterocycles. The third-order valence-corrected chi connectivity index (χ3v) is 10.0. The monoisotopic (exact) mass is 776 g/mol. The fraction of sp³-hybridized carbons (Fsp3) is 0.608. The molecule has 0 spiro atoms. The van der Waals surface area contributed by atoms with Crippen molar-refractivity contribution < 1.29 is 9.47 Å². The Morgan fingerprint density at radius 2 is 1.23 bits per heavy atom. The molecule has 3 unspecified atom stereocenters. The van der Waals surface area contributed by atoms with Crippen LogP contribution in [0.5, 0.6) is 5.75 Å². The maximum atomic E-state index is 5.78. The summed E-state index contributed by atoms with van der Waals surface area (Å²) >= 11 is 0. The van der Waals surface area contributed by atoms with Crippen molar-refractivity contribution in [3.8, 4) is 5.75 Å². The van der Waals surface area contributed by atoms with Crippen molar-refractivity contribution in [3.05, 3.63) is 113 Å². The molecular formula is C51H89N3O2. The van der Waals surface area contributed by atoms with Crippen LogP contribution in [0.15, 0.2) is 91.1 Å². The van der Waals surface area contributed by atoms with Crippen molar-refractivity contribution in [1.29, 1.82) is 0 Å². The number of ether oxygens (including phenoxy) is 2. The molecule has 3 saturated heterocycles. The summed E-state index contributed by atoms with van der Waals surface area (Å²) in [6.45, 7) is 27.8. The molecule has 0 bridgehead atoms. The number of hydrogen-bond donors (Lipinski definition) is 0. The van der Waals surface area contributed by atoms with Crippen molar-refractivity contribution in [1.82, 2.24) is 14.7 Å². The highest BCUT2D eigenvalue weighted by molar-refractivity contribution is 5.45. The van der Waals surface area contributed by atoms with E-state index in [1.165, 1.54) is 99.1 Å². The molecule has 56 heavy (non-hydrogen) atoms. The van der Waals surface area contributed by atoms with E-state index in [2.05, 4.69) is 128 Å². The molecule has 4 aliphatic rings. The molecular weight excluding hydrogens is 687 g/mol. The Morgan fingerprint density at radius 1 is 0.643 bits per heavy atom. The number of likely N-dealkylation sites (tertiary alicyclic amines) is 3. The first-order chi connectivity index (χ1) is 26.9. The molecule has 3 aliphatic heterocycles. The van der Waals surface area contributed by atoms with Gasteiger partial charge in [0.1, 0.15) is 12.0 Å². The van der Waals surface area contributed by atoms with Crippen LogP contribution < -0.4 is 4.74 Å². The smallest absolute Gasteiger partial charge is 0.119 e. The predicted octanol–water partition coefficient (Wildman–Crippen LogP) is 13.7. The van der Waals surface area contributed by atoms with Gasteiger partial charge in [0.05, 0.1) is 6.61 Å². The zero-order valence-corrected chi connectivity index (χ0v) is 38.0. The summed E-state index contributed by atoms with van der Waals surface area (Å²) in [4.78, 5) is 6.81. The van der Waals surface area contributed by atoms with Gasteiger partial charge in [0.25, 0.3) is 0 Å². The van der Waals surface area contributed by atoms with Crippen LogP contribution in [0.4, 0.5) is 0 Å². The van der Waals surface area contributed by atoms with Gasteiger partial charge in [0.15, 0.2) is 0 Å². The summed E-state index contributed by atoms with van der Waals surface area (Å²) in [6, 6.07) is 28.7. The Kier molecular flexibility index (Phi) is 34.4. The lowest BCUT2D eigenvalue weighted by Gasteiger charge is -2.34. The van der Waals surface area contributed by atoms with Gasteiger partial charge in [-0.15, -0.1) is 0 Å². The Balaban J connectivity index is 0. The van der Waals surface area contributed by atoms with Crippen molar-refractivity contribution in [2.75, 3.05) is 61.0 Å². The molecule has 0 saturated carbocycles. The second-order valence-corrected chi connectivity index (χ2v) is 13.6. The van der Waals surface area contributed by atoms with Gasteiger partial charge >= 0.3 is 0 Å². The molecule has 3 aromatic rings. The first kappa shape index (κ1) is 55.0. The number of hydrogen-bond acceptors (Lipinski definition) is 5. The van der Waals surface area contributed by atoms with Crippen LogP contribution in [0.2, 0.25) is 0 Å². The Morgan fingerprint density at radius 3 is 1.66 bits per heavy atom. The van der Waals surface area contributed by atoms with Gasteiger partial charge in [-0.05, 0) is 125 Å². The van der Waals surface area contributed by atoms with Gasteiger partial charge in [-0.1, -0.05) is 143 Å². The minimum Gasteiger partial charge on any atom is -0.494 e. The van der Waals surface area contributed by atoms with Gasteiger partial charge in [-0.2, -0.15) is 0 Å². The summed E-state index contributed by atoms with van der Waals surface area (Å²) in [5, 5.41) is 0. The summed E-state index contributed by atoms with van der Waals surface area (Å²) in [7, 11) is 8.13. The van der Waals surface area contributed by atoms with Crippen molar-refractivity contribution in [2.24, 2.45) is 0 Å². The first-order valence-electron chi connectivity index (χ1n) is 22.1. The van der Waals surface area contributed by atoms with Gasteiger partial charge in [-0.25, -0.2) is 0 Å². The molecule has 3 atom stereocenters. The average molecular weight is 776 g/mol. The van der Waals surface area contributed by atoms with Crippen LogP contribution in [0.25, 0.3) is 0 Å². The lowest BCUT2D eigenvalue weighted by Crippen LogP contribution is -2.25. The van der Waals surface area contributed by atoms with Crippen molar-refractivity contribution in [3.63, 3.8) is 0 Å². The highest BCUT2D eigenvalue weighted by Gasteiger charge is 2.31. The van der Waals surface area contributed by atoms with Crippen LogP contribution in [-0.4, -0.2) is 82.0 Å². The molecule has 1 aliphatic carbocycles. The van der Waals surface area contributed by atoms with Gasteiger partial charge in [0, 0.05) is 38.9 Å². The van der Waals surface area contributed by atoms with Crippen LogP contribution in [-0.2, 0) is 11.2 Å². The van der Waals surface area contributed by atoms with Crippen LogP contribution >= 0.6 is 0 Å². The predicted molar refractivity (Wildman–Crippen MR) is 251 cm³/mol. The van der Waals surface area contributed by atoms with Crippen molar-refractivity contribution in [2.45, 2.75) is 146 Å². The third kappa shape index (κ3) is 19.8. The maximum absolute atomic E-state index is 5.78. The Bertz CT molecular complexity index is 1310. The number of aryl methyl sites for hydroxylation is 1. The molecule has 5 nitrogen and oxygen atoms in total. The van der Waals surface area contributed by atoms with Gasteiger partial charge in [-0.3, -0.25) is 4.90 Å². The number of allylic oxidation sites excluding steroid dienone is 1. The summed E-state index contributed by atoms with van der Waals surface area (Å²) < 4.78 is 10.9. The summed E-state index contributed by atoms with van der Waals surface area (Å²) in [5.74, 6) is 1.90. The number of fused-ring (bicyclic) bond motifs is 1.